The number of para-hydroxylation sites is 1. The van der Waals surface area contributed by atoms with Crippen LogP contribution in [-0.4, -0.2) is 42.9 Å². The summed E-state index contributed by atoms with van der Waals surface area (Å²) in [7, 11) is 0. The number of nitrogens with one attached hydrogen (secondary N) is 2. The molecule has 0 bridgehead atoms. The largest absolute Gasteiger partial charge is 0.339 e. The average Bonchev–Trinajstić information content (AvgIpc) is 2.99. The summed E-state index contributed by atoms with van der Waals surface area (Å²) in [6.07, 6.45) is 2.12. The van der Waals surface area contributed by atoms with Crippen LogP contribution < -0.4 is 10.6 Å². The Kier molecular flexibility index (Phi) is 4.43. The summed E-state index contributed by atoms with van der Waals surface area (Å²) >= 11 is 0. The summed E-state index contributed by atoms with van der Waals surface area (Å²) in [6.45, 7) is 5.36. The van der Waals surface area contributed by atoms with Crippen molar-refractivity contribution in [1.82, 2.24) is 10.2 Å². The molecule has 2 fully saturated rings. The van der Waals surface area contributed by atoms with Crippen molar-refractivity contribution in [3.8, 4) is 0 Å². The SMILES string of the molecule is CC(C(=O)Nc1ccccc1C(=O)N1CCCC1)C1CNC1. The van der Waals surface area contributed by atoms with Gasteiger partial charge in [0.15, 0.2) is 0 Å². The summed E-state index contributed by atoms with van der Waals surface area (Å²) in [5.74, 6) is 0.358. The van der Waals surface area contributed by atoms with Crippen molar-refractivity contribution in [1.29, 1.82) is 0 Å². The van der Waals surface area contributed by atoms with Crippen LogP contribution in [0.25, 0.3) is 0 Å². The van der Waals surface area contributed by atoms with Crippen LogP contribution in [0.3, 0.4) is 0 Å². The van der Waals surface area contributed by atoms with Gasteiger partial charge >= 0.3 is 0 Å². The molecule has 2 aliphatic rings. The minimum absolute atomic E-state index is 0.00632. The third-order valence-corrected chi connectivity index (χ3v) is 4.74. The molecule has 2 aliphatic heterocycles. The zero-order valence-electron chi connectivity index (χ0n) is 13.0. The Labute approximate surface area is 131 Å². The second-order valence-electron chi connectivity index (χ2n) is 6.24. The molecule has 2 saturated heterocycles. The quantitative estimate of drug-likeness (QED) is 0.890. The zero-order valence-corrected chi connectivity index (χ0v) is 13.0. The first-order valence-electron chi connectivity index (χ1n) is 8.06. The van der Waals surface area contributed by atoms with Crippen molar-refractivity contribution >= 4 is 17.5 Å². The van der Waals surface area contributed by atoms with Crippen molar-refractivity contribution in [2.45, 2.75) is 19.8 Å². The Morgan fingerprint density at radius 2 is 1.91 bits per heavy atom. The lowest BCUT2D eigenvalue weighted by molar-refractivity contribution is -0.121. The van der Waals surface area contributed by atoms with Gasteiger partial charge in [0.25, 0.3) is 5.91 Å². The second-order valence-corrected chi connectivity index (χ2v) is 6.24. The van der Waals surface area contributed by atoms with Crippen LogP contribution in [0.1, 0.15) is 30.1 Å². The Morgan fingerprint density at radius 3 is 2.55 bits per heavy atom. The monoisotopic (exact) mass is 301 g/mol. The Hall–Kier alpha value is -1.88. The second kappa shape index (κ2) is 6.48. The number of carbonyl (C=O) groups excluding carboxylic acids is 2. The van der Waals surface area contributed by atoms with Crippen LogP contribution in [0.2, 0.25) is 0 Å². The Balaban J connectivity index is 1.73. The zero-order chi connectivity index (χ0) is 15.5. The number of hydrogen-bond donors (Lipinski definition) is 2. The Bertz CT molecular complexity index is 563. The van der Waals surface area contributed by atoms with Gasteiger partial charge in [-0.25, -0.2) is 0 Å². The number of hydrogen-bond acceptors (Lipinski definition) is 3. The van der Waals surface area contributed by atoms with E-state index in [2.05, 4.69) is 10.6 Å². The van der Waals surface area contributed by atoms with Gasteiger partial charge in [-0.05, 0) is 44.0 Å². The standard InChI is InChI=1S/C17H23N3O2/c1-12(13-10-18-11-13)16(21)19-15-7-3-2-6-14(15)17(22)20-8-4-5-9-20/h2-3,6-7,12-13,18H,4-5,8-11H2,1H3,(H,19,21). The smallest absolute Gasteiger partial charge is 0.255 e. The van der Waals surface area contributed by atoms with E-state index in [0.29, 0.717) is 17.2 Å². The molecule has 2 heterocycles. The van der Waals surface area contributed by atoms with Crippen LogP contribution in [-0.2, 0) is 4.79 Å². The average molecular weight is 301 g/mol. The number of rotatable bonds is 4. The first-order chi connectivity index (χ1) is 10.7. The van der Waals surface area contributed by atoms with Gasteiger partial charge < -0.3 is 15.5 Å². The van der Waals surface area contributed by atoms with Gasteiger partial charge in [-0.15, -0.1) is 0 Å². The molecule has 0 aromatic heterocycles. The summed E-state index contributed by atoms with van der Waals surface area (Å²) in [5.41, 5.74) is 1.22. The van der Waals surface area contributed by atoms with E-state index in [4.69, 9.17) is 0 Å². The predicted molar refractivity (Wildman–Crippen MR) is 85.7 cm³/mol. The molecule has 2 N–H and O–H groups in total. The highest BCUT2D eigenvalue weighted by molar-refractivity contribution is 6.04. The fourth-order valence-corrected chi connectivity index (χ4v) is 2.99. The van der Waals surface area contributed by atoms with E-state index in [-0.39, 0.29) is 17.7 Å². The van der Waals surface area contributed by atoms with Gasteiger partial charge in [-0.2, -0.15) is 0 Å². The van der Waals surface area contributed by atoms with E-state index >= 15 is 0 Å². The van der Waals surface area contributed by atoms with Crippen LogP contribution in [0.5, 0.6) is 0 Å². The minimum atomic E-state index is -0.0452. The van der Waals surface area contributed by atoms with Gasteiger partial charge in [0.1, 0.15) is 0 Å². The molecule has 1 aromatic rings. The topological polar surface area (TPSA) is 61.4 Å². The maximum Gasteiger partial charge on any atom is 0.255 e. The van der Waals surface area contributed by atoms with E-state index in [9.17, 15) is 9.59 Å². The van der Waals surface area contributed by atoms with Crippen LogP contribution >= 0.6 is 0 Å². The molecule has 0 spiro atoms. The Morgan fingerprint density at radius 1 is 1.23 bits per heavy atom. The lowest BCUT2D eigenvalue weighted by Crippen LogP contribution is -2.48. The third kappa shape index (κ3) is 2.99. The number of likely N-dealkylation sites (tertiary alicyclic amines) is 1. The summed E-state index contributed by atoms with van der Waals surface area (Å²) in [6, 6.07) is 7.31. The van der Waals surface area contributed by atoms with Crippen LogP contribution in [0.15, 0.2) is 24.3 Å². The summed E-state index contributed by atoms with van der Waals surface area (Å²) in [4.78, 5) is 26.8. The molecule has 1 atom stereocenters. The molecule has 0 aliphatic carbocycles. The number of amides is 2. The summed E-state index contributed by atoms with van der Waals surface area (Å²) < 4.78 is 0. The molecule has 1 aromatic carbocycles. The molecule has 0 radical (unpaired) electrons. The van der Waals surface area contributed by atoms with Gasteiger partial charge in [-0.1, -0.05) is 19.1 Å². The number of nitrogens with zero attached hydrogens (tertiary/aromatic N) is 1. The van der Waals surface area contributed by atoms with Gasteiger partial charge in [0.05, 0.1) is 11.3 Å². The minimum Gasteiger partial charge on any atom is -0.339 e. The van der Waals surface area contributed by atoms with Crippen molar-refractivity contribution in [2.75, 3.05) is 31.5 Å². The molecule has 118 valence electrons. The molecular weight excluding hydrogens is 278 g/mol. The molecule has 5 nitrogen and oxygen atoms in total. The van der Waals surface area contributed by atoms with E-state index < -0.39 is 0 Å². The fraction of sp³-hybridized carbons (Fsp3) is 0.529. The lowest BCUT2D eigenvalue weighted by atomic mass is 9.88. The summed E-state index contributed by atoms with van der Waals surface area (Å²) in [5, 5.41) is 6.14. The van der Waals surface area contributed by atoms with Gasteiger partial charge in [0.2, 0.25) is 5.91 Å². The number of carbonyl (C=O) groups is 2. The first kappa shape index (κ1) is 15.0. The highest BCUT2D eigenvalue weighted by atomic mass is 16.2. The number of anilines is 1. The van der Waals surface area contributed by atoms with Gasteiger partial charge in [0, 0.05) is 19.0 Å². The van der Waals surface area contributed by atoms with Crippen LogP contribution in [0.4, 0.5) is 5.69 Å². The van der Waals surface area contributed by atoms with E-state index in [1.807, 2.05) is 30.0 Å². The molecule has 22 heavy (non-hydrogen) atoms. The van der Waals surface area contributed by atoms with Crippen LogP contribution in [0, 0.1) is 11.8 Å². The van der Waals surface area contributed by atoms with Crippen molar-refractivity contribution in [3.63, 3.8) is 0 Å². The number of benzene rings is 1. The molecule has 2 amide bonds. The molecule has 5 heteroatoms. The van der Waals surface area contributed by atoms with E-state index in [1.165, 1.54) is 0 Å². The van der Waals surface area contributed by atoms with Crippen molar-refractivity contribution in [2.24, 2.45) is 11.8 Å². The highest BCUT2D eigenvalue weighted by Crippen LogP contribution is 2.23. The maximum atomic E-state index is 12.6. The van der Waals surface area contributed by atoms with Crippen molar-refractivity contribution in [3.05, 3.63) is 29.8 Å². The van der Waals surface area contributed by atoms with E-state index in [0.717, 1.165) is 39.0 Å². The molecule has 1 unspecified atom stereocenters. The first-order valence-corrected chi connectivity index (χ1v) is 8.06. The molecule has 0 saturated carbocycles. The van der Waals surface area contributed by atoms with Crippen molar-refractivity contribution < 1.29 is 9.59 Å². The van der Waals surface area contributed by atoms with Gasteiger partial charge in [-0.3, -0.25) is 9.59 Å². The fourth-order valence-electron chi connectivity index (χ4n) is 2.99. The highest BCUT2D eigenvalue weighted by Gasteiger charge is 2.29. The van der Waals surface area contributed by atoms with E-state index in [1.54, 1.807) is 6.07 Å². The lowest BCUT2D eigenvalue weighted by Gasteiger charge is -2.31. The maximum absolute atomic E-state index is 12.6. The predicted octanol–water partition coefficient (Wildman–Crippen LogP) is 1.72. The third-order valence-electron chi connectivity index (χ3n) is 4.74. The normalized spacial score (nSPS) is 19.6. The molecule has 3 rings (SSSR count). The molecular formula is C17H23N3O2.